The number of aryl methyl sites for hydroxylation is 3. The monoisotopic (exact) mass is 200 g/mol. The summed E-state index contributed by atoms with van der Waals surface area (Å²) in [4.78, 5) is 4.55. The number of hydrogen-bond donors (Lipinski definition) is 1. The lowest BCUT2D eigenvalue weighted by Gasteiger charge is -2.09. The molecule has 0 aliphatic heterocycles. The van der Waals surface area contributed by atoms with Crippen LogP contribution in [0.1, 0.15) is 22.4 Å². The number of nitrogens with zero attached hydrogens (tertiary/aromatic N) is 1. The van der Waals surface area contributed by atoms with Gasteiger partial charge in [-0.25, -0.2) is 0 Å². The number of nitrogens with two attached hydrogens (primary N) is 1. The third kappa shape index (κ3) is 1.73. The van der Waals surface area contributed by atoms with Gasteiger partial charge in [-0.3, -0.25) is 4.98 Å². The van der Waals surface area contributed by atoms with E-state index in [9.17, 15) is 0 Å². The van der Waals surface area contributed by atoms with E-state index in [1.54, 1.807) is 0 Å². The summed E-state index contributed by atoms with van der Waals surface area (Å²) in [7, 11) is 0. The van der Waals surface area contributed by atoms with Crippen LogP contribution in [-0.4, -0.2) is 4.98 Å². The second-order valence-electron chi connectivity index (χ2n) is 4.10. The van der Waals surface area contributed by atoms with Gasteiger partial charge in [-0.2, -0.15) is 0 Å². The number of hydrogen-bond acceptors (Lipinski definition) is 2. The Morgan fingerprint density at radius 3 is 2.53 bits per heavy atom. The van der Waals surface area contributed by atoms with Gasteiger partial charge in [0.15, 0.2) is 0 Å². The normalized spacial score (nSPS) is 10.9. The minimum atomic E-state index is 0.573. The molecule has 15 heavy (non-hydrogen) atoms. The van der Waals surface area contributed by atoms with Gasteiger partial charge in [-0.1, -0.05) is 6.07 Å². The van der Waals surface area contributed by atoms with Gasteiger partial charge in [0, 0.05) is 17.6 Å². The van der Waals surface area contributed by atoms with Crippen LogP contribution in [0.15, 0.2) is 18.2 Å². The van der Waals surface area contributed by atoms with Gasteiger partial charge in [0.25, 0.3) is 0 Å². The predicted octanol–water partition coefficient (Wildman–Crippen LogP) is 2.62. The summed E-state index contributed by atoms with van der Waals surface area (Å²) < 4.78 is 0. The van der Waals surface area contributed by atoms with Crippen molar-refractivity contribution in [1.82, 2.24) is 4.98 Å². The molecule has 0 saturated heterocycles. The van der Waals surface area contributed by atoms with Gasteiger partial charge in [-0.05, 0) is 49.6 Å². The highest BCUT2D eigenvalue weighted by Crippen LogP contribution is 2.23. The first-order chi connectivity index (χ1) is 7.11. The number of fused-ring (bicyclic) bond motifs is 1. The molecule has 1 aromatic carbocycles. The molecule has 2 rings (SSSR count). The fourth-order valence-corrected chi connectivity index (χ4v) is 2.16. The molecule has 0 aliphatic carbocycles. The largest absolute Gasteiger partial charge is 0.326 e. The van der Waals surface area contributed by atoms with Crippen LogP contribution in [-0.2, 0) is 6.54 Å². The Kier molecular flexibility index (Phi) is 2.45. The van der Waals surface area contributed by atoms with Crippen molar-refractivity contribution in [2.75, 3.05) is 0 Å². The van der Waals surface area contributed by atoms with E-state index in [4.69, 9.17) is 5.73 Å². The fraction of sp³-hybridized carbons (Fsp3) is 0.308. The Hall–Kier alpha value is -1.41. The van der Waals surface area contributed by atoms with Crippen molar-refractivity contribution in [3.8, 4) is 0 Å². The van der Waals surface area contributed by atoms with Crippen LogP contribution < -0.4 is 5.73 Å². The second kappa shape index (κ2) is 3.63. The molecule has 78 valence electrons. The molecule has 0 radical (unpaired) electrons. The summed E-state index contributed by atoms with van der Waals surface area (Å²) in [5, 5.41) is 1.22. The second-order valence-corrected chi connectivity index (χ2v) is 4.10. The van der Waals surface area contributed by atoms with Crippen molar-refractivity contribution in [3.05, 3.63) is 40.6 Å². The number of pyridine rings is 1. The summed E-state index contributed by atoms with van der Waals surface area (Å²) in [6, 6.07) is 6.37. The fourth-order valence-electron chi connectivity index (χ4n) is 2.16. The molecule has 0 aliphatic rings. The molecule has 1 aromatic heterocycles. The molecule has 1 heterocycles. The third-order valence-electron chi connectivity index (χ3n) is 2.68. The van der Waals surface area contributed by atoms with Crippen LogP contribution in [0.5, 0.6) is 0 Å². The van der Waals surface area contributed by atoms with Gasteiger partial charge in [0.2, 0.25) is 0 Å². The molecule has 2 heteroatoms. The van der Waals surface area contributed by atoms with E-state index >= 15 is 0 Å². The van der Waals surface area contributed by atoms with E-state index < -0.39 is 0 Å². The van der Waals surface area contributed by atoms with Crippen LogP contribution >= 0.6 is 0 Å². The maximum absolute atomic E-state index is 5.76. The first-order valence-electron chi connectivity index (χ1n) is 5.19. The van der Waals surface area contributed by atoms with Crippen molar-refractivity contribution < 1.29 is 0 Å². The summed E-state index contributed by atoms with van der Waals surface area (Å²) in [5.41, 5.74) is 11.6. The van der Waals surface area contributed by atoms with Crippen molar-refractivity contribution in [1.29, 1.82) is 0 Å². The standard InChI is InChI=1S/C13H16N2/c1-8-4-9(2)13-11(7-14)6-10(3)15-12(13)5-8/h4-6H,7,14H2,1-3H3. The predicted molar refractivity (Wildman–Crippen MR) is 63.8 cm³/mol. The average Bonchev–Trinajstić information content (AvgIpc) is 2.14. The molecular formula is C13H16N2. The molecular weight excluding hydrogens is 184 g/mol. The van der Waals surface area contributed by atoms with E-state index in [1.807, 2.05) is 6.92 Å². The summed E-state index contributed by atoms with van der Waals surface area (Å²) >= 11 is 0. The molecule has 0 atom stereocenters. The highest BCUT2D eigenvalue weighted by Gasteiger charge is 2.06. The summed E-state index contributed by atoms with van der Waals surface area (Å²) in [6.45, 7) is 6.80. The highest BCUT2D eigenvalue weighted by atomic mass is 14.7. The Morgan fingerprint density at radius 2 is 1.87 bits per heavy atom. The molecule has 2 aromatic rings. The minimum Gasteiger partial charge on any atom is -0.326 e. The van der Waals surface area contributed by atoms with E-state index in [0.29, 0.717) is 6.54 Å². The van der Waals surface area contributed by atoms with Crippen LogP contribution in [0.25, 0.3) is 10.9 Å². The van der Waals surface area contributed by atoms with Gasteiger partial charge < -0.3 is 5.73 Å². The maximum atomic E-state index is 5.76. The zero-order valence-electron chi connectivity index (χ0n) is 9.46. The quantitative estimate of drug-likeness (QED) is 0.768. The van der Waals surface area contributed by atoms with Crippen LogP contribution in [0.4, 0.5) is 0 Å². The van der Waals surface area contributed by atoms with Crippen LogP contribution in [0, 0.1) is 20.8 Å². The van der Waals surface area contributed by atoms with Crippen molar-refractivity contribution in [3.63, 3.8) is 0 Å². The number of benzene rings is 1. The van der Waals surface area contributed by atoms with Crippen LogP contribution in [0.3, 0.4) is 0 Å². The molecule has 0 spiro atoms. The average molecular weight is 200 g/mol. The Balaban J connectivity index is 2.90. The van der Waals surface area contributed by atoms with E-state index in [2.05, 4.69) is 37.0 Å². The first-order valence-corrected chi connectivity index (χ1v) is 5.19. The van der Waals surface area contributed by atoms with E-state index in [-0.39, 0.29) is 0 Å². The van der Waals surface area contributed by atoms with Crippen molar-refractivity contribution in [2.45, 2.75) is 27.3 Å². The van der Waals surface area contributed by atoms with Gasteiger partial charge in [0.1, 0.15) is 0 Å². The minimum absolute atomic E-state index is 0.573. The highest BCUT2D eigenvalue weighted by molar-refractivity contribution is 5.86. The van der Waals surface area contributed by atoms with Crippen LogP contribution in [0.2, 0.25) is 0 Å². The molecule has 0 fully saturated rings. The third-order valence-corrected chi connectivity index (χ3v) is 2.68. The lowest BCUT2D eigenvalue weighted by Crippen LogP contribution is -2.01. The van der Waals surface area contributed by atoms with Gasteiger partial charge in [0.05, 0.1) is 5.52 Å². The number of aromatic nitrogens is 1. The zero-order chi connectivity index (χ0) is 11.0. The van der Waals surface area contributed by atoms with Gasteiger partial charge in [-0.15, -0.1) is 0 Å². The zero-order valence-corrected chi connectivity index (χ0v) is 9.46. The smallest absolute Gasteiger partial charge is 0.0713 e. The summed E-state index contributed by atoms with van der Waals surface area (Å²) in [6.07, 6.45) is 0. The lowest BCUT2D eigenvalue weighted by molar-refractivity contribution is 1.06. The van der Waals surface area contributed by atoms with Crippen molar-refractivity contribution >= 4 is 10.9 Å². The SMILES string of the molecule is Cc1cc(C)c2c(CN)cc(C)nc2c1. The van der Waals surface area contributed by atoms with Crippen molar-refractivity contribution in [2.24, 2.45) is 5.73 Å². The lowest BCUT2D eigenvalue weighted by atomic mass is 10.0. The molecule has 0 bridgehead atoms. The topological polar surface area (TPSA) is 38.9 Å². The molecule has 0 amide bonds. The Morgan fingerprint density at radius 1 is 1.13 bits per heavy atom. The Bertz CT molecular complexity index is 510. The van der Waals surface area contributed by atoms with E-state index in [0.717, 1.165) is 11.2 Å². The molecule has 2 N–H and O–H groups in total. The Labute approximate surface area is 90.1 Å². The van der Waals surface area contributed by atoms with E-state index in [1.165, 1.54) is 22.1 Å². The summed E-state index contributed by atoms with van der Waals surface area (Å²) in [5.74, 6) is 0. The molecule has 0 saturated carbocycles. The molecule has 2 nitrogen and oxygen atoms in total. The molecule has 0 unspecified atom stereocenters. The number of rotatable bonds is 1. The maximum Gasteiger partial charge on any atom is 0.0713 e. The first kappa shape index (κ1) is 10.1. The van der Waals surface area contributed by atoms with Gasteiger partial charge >= 0.3 is 0 Å².